The van der Waals surface area contributed by atoms with E-state index in [1.54, 1.807) is 17.6 Å². The van der Waals surface area contributed by atoms with E-state index < -0.39 is 0 Å². The number of hydrogen-bond acceptors (Lipinski definition) is 6. The van der Waals surface area contributed by atoms with Crippen LogP contribution in [-0.2, 0) is 4.74 Å². The van der Waals surface area contributed by atoms with Crippen LogP contribution in [0.2, 0.25) is 5.02 Å². The van der Waals surface area contributed by atoms with Crippen LogP contribution >= 0.6 is 22.9 Å². The number of thiazole rings is 1. The third-order valence-electron chi connectivity index (χ3n) is 4.58. The summed E-state index contributed by atoms with van der Waals surface area (Å²) in [6.07, 6.45) is 1.77. The first-order valence-electron chi connectivity index (χ1n) is 8.93. The number of halogens is 1. The summed E-state index contributed by atoms with van der Waals surface area (Å²) in [5, 5.41) is 6.04. The first-order chi connectivity index (χ1) is 13.6. The Hall–Kier alpha value is -2.48. The minimum absolute atomic E-state index is 0.254. The summed E-state index contributed by atoms with van der Waals surface area (Å²) in [5.41, 5.74) is 2.84. The van der Waals surface area contributed by atoms with Gasteiger partial charge in [-0.25, -0.2) is 9.97 Å². The van der Waals surface area contributed by atoms with Gasteiger partial charge in [0.2, 0.25) is 0 Å². The van der Waals surface area contributed by atoms with E-state index in [1.165, 1.54) is 11.3 Å². The van der Waals surface area contributed by atoms with Crippen LogP contribution in [0.15, 0.2) is 41.9 Å². The number of ether oxygens (including phenoxy) is 1. The molecule has 3 aromatic rings. The lowest BCUT2D eigenvalue weighted by atomic mass is 10.2. The first-order valence-corrected chi connectivity index (χ1v) is 10.2. The van der Waals surface area contributed by atoms with E-state index in [-0.39, 0.29) is 5.91 Å². The first kappa shape index (κ1) is 18.9. The van der Waals surface area contributed by atoms with Gasteiger partial charge in [-0.05, 0) is 36.8 Å². The van der Waals surface area contributed by atoms with Crippen molar-refractivity contribution in [2.45, 2.75) is 6.92 Å². The van der Waals surface area contributed by atoms with Crippen LogP contribution in [0.25, 0.3) is 10.6 Å². The lowest BCUT2D eigenvalue weighted by molar-refractivity contribution is 0.102. The molecule has 0 atom stereocenters. The van der Waals surface area contributed by atoms with Crippen molar-refractivity contribution >= 4 is 40.4 Å². The molecule has 1 aliphatic heterocycles. The molecule has 8 heteroatoms. The van der Waals surface area contributed by atoms with Crippen LogP contribution in [-0.4, -0.2) is 42.2 Å². The molecule has 0 unspecified atom stereocenters. The Bertz CT molecular complexity index is 1000. The van der Waals surface area contributed by atoms with Crippen LogP contribution in [0.3, 0.4) is 0 Å². The average molecular weight is 415 g/mol. The number of rotatable bonds is 4. The highest BCUT2D eigenvalue weighted by molar-refractivity contribution is 7.13. The Kier molecular flexibility index (Phi) is 5.57. The van der Waals surface area contributed by atoms with Crippen LogP contribution in [0.4, 0.5) is 11.5 Å². The van der Waals surface area contributed by atoms with E-state index in [9.17, 15) is 4.79 Å². The van der Waals surface area contributed by atoms with Gasteiger partial charge in [-0.2, -0.15) is 0 Å². The van der Waals surface area contributed by atoms with E-state index in [0.717, 1.165) is 35.0 Å². The summed E-state index contributed by atoms with van der Waals surface area (Å²) in [7, 11) is 0. The molecule has 1 aliphatic rings. The largest absolute Gasteiger partial charge is 0.378 e. The van der Waals surface area contributed by atoms with Crippen molar-refractivity contribution < 1.29 is 9.53 Å². The standard InChI is InChI=1S/C20H19ClN4O2S/c1-13-15(21)3-2-4-16(13)23-19(26)17-12-28-20(24-17)14-5-6-22-18(11-14)25-7-9-27-10-8-25/h2-6,11-12H,7-10H2,1H3,(H,23,26). The molecule has 1 aromatic carbocycles. The van der Waals surface area contributed by atoms with Crippen molar-refractivity contribution in [3.63, 3.8) is 0 Å². The highest BCUT2D eigenvalue weighted by Crippen LogP contribution is 2.28. The van der Waals surface area contributed by atoms with Crippen molar-refractivity contribution in [2.75, 3.05) is 36.5 Å². The number of carbonyl (C=O) groups excluding carboxylic acids is 1. The van der Waals surface area contributed by atoms with Crippen molar-refractivity contribution in [3.8, 4) is 10.6 Å². The fourth-order valence-corrected chi connectivity index (χ4v) is 3.93. The van der Waals surface area contributed by atoms with E-state index in [4.69, 9.17) is 16.3 Å². The third-order valence-corrected chi connectivity index (χ3v) is 5.88. The summed E-state index contributed by atoms with van der Waals surface area (Å²) >= 11 is 7.56. The Morgan fingerprint density at radius 2 is 2.11 bits per heavy atom. The number of nitrogens with zero attached hydrogens (tertiary/aromatic N) is 3. The monoisotopic (exact) mass is 414 g/mol. The topological polar surface area (TPSA) is 67.4 Å². The van der Waals surface area contributed by atoms with Crippen molar-refractivity contribution in [1.29, 1.82) is 0 Å². The molecule has 0 bridgehead atoms. The summed E-state index contributed by atoms with van der Waals surface area (Å²) in [6, 6.07) is 9.34. The SMILES string of the molecule is Cc1c(Cl)cccc1NC(=O)c1csc(-c2ccnc(N3CCOCC3)c2)n1. The second kappa shape index (κ2) is 8.26. The van der Waals surface area contributed by atoms with E-state index in [0.29, 0.717) is 29.6 Å². The fraction of sp³-hybridized carbons (Fsp3) is 0.250. The molecular formula is C20H19ClN4O2S. The number of carbonyl (C=O) groups is 1. The maximum absolute atomic E-state index is 12.6. The zero-order valence-electron chi connectivity index (χ0n) is 15.3. The fourth-order valence-electron chi connectivity index (χ4n) is 2.96. The summed E-state index contributed by atoms with van der Waals surface area (Å²) < 4.78 is 5.40. The maximum Gasteiger partial charge on any atom is 0.275 e. The highest BCUT2D eigenvalue weighted by atomic mass is 35.5. The number of amides is 1. The van der Waals surface area contributed by atoms with Crippen molar-refractivity contribution in [2.24, 2.45) is 0 Å². The number of anilines is 2. The lowest BCUT2D eigenvalue weighted by Gasteiger charge is -2.27. The second-order valence-electron chi connectivity index (χ2n) is 6.41. The van der Waals surface area contributed by atoms with Gasteiger partial charge < -0.3 is 15.0 Å². The number of benzene rings is 1. The van der Waals surface area contributed by atoms with E-state index in [2.05, 4.69) is 20.2 Å². The molecule has 0 saturated carbocycles. The number of aromatic nitrogens is 2. The molecule has 1 fully saturated rings. The Morgan fingerprint density at radius 1 is 1.29 bits per heavy atom. The molecule has 6 nitrogen and oxygen atoms in total. The van der Waals surface area contributed by atoms with Gasteiger partial charge >= 0.3 is 0 Å². The van der Waals surface area contributed by atoms with Gasteiger partial charge in [-0.3, -0.25) is 4.79 Å². The third kappa shape index (κ3) is 4.01. The van der Waals surface area contributed by atoms with Gasteiger partial charge in [-0.15, -0.1) is 11.3 Å². The normalized spacial score (nSPS) is 14.1. The van der Waals surface area contributed by atoms with Gasteiger partial charge in [0.1, 0.15) is 16.5 Å². The Labute approximate surface area is 172 Å². The molecule has 28 heavy (non-hydrogen) atoms. The van der Waals surface area contributed by atoms with Gasteiger partial charge in [0, 0.05) is 40.9 Å². The van der Waals surface area contributed by atoms with E-state index in [1.807, 2.05) is 31.2 Å². The molecule has 1 saturated heterocycles. The second-order valence-corrected chi connectivity index (χ2v) is 7.67. The average Bonchev–Trinajstić information content (AvgIpc) is 3.23. The van der Waals surface area contributed by atoms with Gasteiger partial charge in [0.15, 0.2) is 0 Å². The predicted molar refractivity (Wildman–Crippen MR) is 113 cm³/mol. The smallest absolute Gasteiger partial charge is 0.275 e. The number of nitrogens with one attached hydrogen (secondary N) is 1. The molecule has 0 radical (unpaired) electrons. The van der Waals surface area contributed by atoms with Crippen LogP contribution in [0.5, 0.6) is 0 Å². The van der Waals surface area contributed by atoms with Gasteiger partial charge in [0.25, 0.3) is 5.91 Å². The Morgan fingerprint density at radius 3 is 2.93 bits per heavy atom. The zero-order valence-corrected chi connectivity index (χ0v) is 16.9. The van der Waals surface area contributed by atoms with Crippen molar-refractivity contribution in [1.82, 2.24) is 9.97 Å². The van der Waals surface area contributed by atoms with Crippen LogP contribution in [0.1, 0.15) is 16.1 Å². The molecule has 1 amide bonds. The summed E-state index contributed by atoms with van der Waals surface area (Å²) in [6.45, 7) is 4.92. The quantitative estimate of drug-likeness (QED) is 0.691. The lowest BCUT2D eigenvalue weighted by Crippen LogP contribution is -2.36. The number of hydrogen-bond donors (Lipinski definition) is 1. The van der Waals surface area contributed by atoms with Crippen molar-refractivity contribution in [3.05, 3.63) is 58.2 Å². The Balaban J connectivity index is 1.52. The molecule has 144 valence electrons. The minimum atomic E-state index is -0.254. The van der Waals surface area contributed by atoms with Gasteiger partial charge in [0.05, 0.1) is 13.2 Å². The summed E-state index contributed by atoms with van der Waals surface area (Å²) in [5.74, 6) is 0.645. The molecule has 2 aromatic heterocycles. The molecule has 0 aliphatic carbocycles. The predicted octanol–water partition coefficient (Wildman–Crippen LogP) is 4.26. The molecule has 3 heterocycles. The number of pyridine rings is 1. The zero-order chi connectivity index (χ0) is 19.5. The van der Waals surface area contributed by atoms with Crippen LogP contribution < -0.4 is 10.2 Å². The minimum Gasteiger partial charge on any atom is -0.378 e. The molecular weight excluding hydrogens is 396 g/mol. The highest BCUT2D eigenvalue weighted by Gasteiger charge is 2.16. The van der Waals surface area contributed by atoms with Gasteiger partial charge in [-0.1, -0.05) is 17.7 Å². The van der Waals surface area contributed by atoms with Crippen LogP contribution in [0, 0.1) is 6.92 Å². The molecule has 4 rings (SSSR count). The molecule has 0 spiro atoms. The summed E-state index contributed by atoms with van der Waals surface area (Å²) in [4.78, 5) is 23.8. The molecule has 1 N–H and O–H groups in total. The van der Waals surface area contributed by atoms with E-state index >= 15 is 0 Å². The number of morpholine rings is 1. The maximum atomic E-state index is 12.6.